The Morgan fingerprint density at radius 1 is 1.10 bits per heavy atom. The fourth-order valence-electron chi connectivity index (χ4n) is 2.75. The van der Waals surface area contributed by atoms with Crippen LogP contribution in [0.4, 0.5) is 5.69 Å². The number of anilines is 1. The Morgan fingerprint density at radius 2 is 1.83 bits per heavy atom. The average molecular weight is 395 g/mol. The van der Waals surface area contributed by atoms with Crippen molar-refractivity contribution in [3.8, 4) is 5.75 Å². The lowest BCUT2D eigenvalue weighted by atomic mass is 10.1. The second-order valence-corrected chi connectivity index (χ2v) is 6.21. The fourth-order valence-corrected chi connectivity index (χ4v) is 2.75. The standard InChI is InChI=1S/C21H21N3O5/c1-2-28-17-11-7-6-10-15(17)22-20(26)19(14-8-4-3-5-9-14)29-21(27)16-12-13-18(25)24-23-16/h3-11,19H,2,12-13H2,1H3,(H,22,26)(H,24,25)/t19-/m0/s1. The lowest BCUT2D eigenvalue weighted by molar-refractivity contribution is -0.148. The predicted molar refractivity (Wildman–Crippen MR) is 106 cm³/mol. The van der Waals surface area contributed by atoms with Crippen LogP contribution in [-0.2, 0) is 19.1 Å². The summed E-state index contributed by atoms with van der Waals surface area (Å²) in [6, 6.07) is 15.7. The van der Waals surface area contributed by atoms with Crippen molar-refractivity contribution in [2.75, 3.05) is 11.9 Å². The summed E-state index contributed by atoms with van der Waals surface area (Å²) in [4.78, 5) is 36.7. The molecule has 3 rings (SSSR count). The third-order valence-electron chi connectivity index (χ3n) is 4.15. The number of nitrogens with one attached hydrogen (secondary N) is 2. The molecule has 1 heterocycles. The van der Waals surface area contributed by atoms with Crippen LogP contribution in [0.15, 0.2) is 59.7 Å². The number of rotatable bonds is 7. The van der Waals surface area contributed by atoms with Gasteiger partial charge in [0.1, 0.15) is 11.5 Å². The number of hydrogen-bond acceptors (Lipinski definition) is 6. The van der Waals surface area contributed by atoms with E-state index in [-0.39, 0.29) is 24.5 Å². The summed E-state index contributed by atoms with van der Waals surface area (Å²) < 4.78 is 11.0. The molecule has 0 bridgehead atoms. The molecule has 1 aliphatic heterocycles. The molecule has 0 saturated carbocycles. The minimum atomic E-state index is -1.20. The van der Waals surface area contributed by atoms with Crippen LogP contribution in [0.5, 0.6) is 5.75 Å². The van der Waals surface area contributed by atoms with Crippen LogP contribution in [-0.4, -0.2) is 30.1 Å². The van der Waals surface area contributed by atoms with Crippen LogP contribution in [0.3, 0.4) is 0 Å². The van der Waals surface area contributed by atoms with Crippen molar-refractivity contribution in [3.05, 3.63) is 60.2 Å². The maximum atomic E-state index is 13.0. The van der Waals surface area contributed by atoms with E-state index < -0.39 is 18.0 Å². The van der Waals surface area contributed by atoms with E-state index in [1.54, 1.807) is 54.6 Å². The first-order valence-corrected chi connectivity index (χ1v) is 9.22. The van der Waals surface area contributed by atoms with Crippen LogP contribution in [0.25, 0.3) is 0 Å². The Bertz CT molecular complexity index is 927. The highest BCUT2D eigenvalue weighted by Crippen LogP contribution is 2.27. The van der Waals surface area contributed by atoms with Crippen molar-refractivity contribution in [2.45, 2.75) is 25.9 Å². The van der Waals surface area contributed by atoms with E-state index >= 15 is 0 Å². The van der Waals surface area contributed by atoms with Crippen molar-refractivity contribution in [1.82, 2.24) is 5.43 Å². The molecular formula is C21H21N3O5. The summed E-state index contributed by atoms with van der Waals surface area (Å²) in [6.07, 6.45) is -0.905. The molecule has 0 aromatic heterocycles. The smallest absolute Gasteiger partial charge is 0.355 e. The second-order valence-electron chi connectivity index (χ2n) is 6.21. The largest absolute Gasteiger partial charge is 0.492 e. The molecule has 0 aliphatic carbocycles. The quantitative estimate of drug-likeness (QED) is 0.701. The number of ether oxygens (including phenoxy) is 2. The Kier molecular flexibility index (Phi) is 6.57. The number of carbonyl (C=O) groups is 3. The van der Waals surface area contributed by atoms with Gasteiger partial charge in [0.25, 0.3) is 5.91 Å². The molecule has 8 nitrogen and oxygen atoms in total. The minimum absolute atomic E-state index is 0.0630. The fraction of sp³-hybridized carbons (Fsp3) is 0.238. The number of esters is 1. The van der Waals surface area contributed by atoms with Gasteiger partial charge in [-0.3, -0.25) is 9.59 Å². The van der Waals surface area contributed by atoms with Gasteiger partial charge in [-0.1, -0.05) is 42.5 Å². The highest BCUT2D eigenvalue weighted by Gasteiger charge is 2.29. The van der Waals surface area contributed by atoms with E-state index in [4.69, 9.17) is 9.47 Å². The van der Waals surface area contributed by atoms with Crippen LogP contribution in [0.1, 0.15) is 31.4 Å². The highest BCUT2D eigenvalue weighted by atomic mass is 16.5. The lowest BCUT2D eigenvalue weighted by Crippen LogP contribution is -2.33. The van der Waals surface area contributed by atoms with Crippen LogP contribution in [0.2, 0.25) is 0 Å². The van der Waals surface area contributed by atoms with Gasteiger partial charge in [-0.25, -0.2) is 10.2 Å². The molecule has 1 aliphatic rings. The van der Waals surface area contributed by atoms with E-state index in [1.807, 2.05) is 6.92 Å². The Labute approximate surface area is 167 Å². The summed E-state index contributed by atoms with van der Waals surface area (Å²) >= 11 is 0. The number of nitrogens with zero attached hydrogens (tertiary/aromatic N) is 1. The number of hydrogen-bond donors (Lipinski definition) is 2. The minimum Gasteiger partial charge on any atom is -0.492 e. The second kappa shape index (κ2) is 9.50. The summed E-state index contributed by atoms with van der Waals surface area (Å²) in [6.45, 7) is 2.28. The average Bonchev–Trinajstić information content (AvgIpc) is 2.74. The number of carbonyl (C=O) groups excluding carboxylic acids is 3. The zero-order valence-corrected chi connectivity index (χ0v) is 15.9. The van der Waals surface area contributed by atoms with Crippen molar-refractivity contribution in [1.29, 1.82) is 0 Å². The van der Waals surface area contributed by atoms with Crippen molar-refractivity contribution >= 4 is 29.2 Å². The summed E-state index contributed by atoms with van der Waals surface area (Å²) in [7, 11) is 0. The topological polar surface area (TPSA) is 106 Å². The molecule has 150 valence electrons. The molecule has 0 fully saturated rings. The molecule has 1 atom stereocenters. The van der Waals surface area contributed by atoms with Crippen molar-refractivity contribution in [3.63, 3.8) is 0 Å². The predicted octanol–water partition coefficient (Wildman–Crippen LogP) is 2.57. The lowest BCUT2D eigenvalue weighted by Gasteiger charge is -2.20. The van der Waals surface area contributed by atoms with E-state index in [9.17, 15) is 14.4 Å². The molecular weight excluding hydrogens is 374 g/mol. The Hall–Kier alpha value is -3.68. The molecule has 2 N–H and O–H groups in total. The van der Waals surface area contributed by atoms with Gasteiger partial charge in [-0.2, -0.15) is 5.10 Å². The van der Waals surface area contributed by atoms with Crippen LogP contribution in [0, 0.1) is 0 Å². The summed E-state index contributed by atoms with van der Waals surface area (Å²) in [5, 5.41) is 6.49. The van der Waals surface area contributed by atoms with E-state index in [1.165, 1.54) is 0 Å². The molecule has 0 spiro atoms. The normalized spacial score (nSPS) is 14.2. The maximum Gasteiger partial charge on any atom is 0.355 e. The van der Waals surface area contributed by atoms with E-state index in [0.29, 0.717) is 23.6 Å². The molecule has 0 unspecified atom stereocenters. The first-order valence-electron chi connectivity index (χ1n) is 9.22. The SMILES string of the molecule is CCOc1ccccc1NC(=O)[C@@H](OC(=O)C1=NNC(=O)CC1)c1ccccc1. The molecule has 2 amide bonds. The van der Waals surface area contributed by atoms with Gasteiger partial charge in [-0.15, -0.1) is 0 Å². The van der Waals surface area contributed by atoms with Gasteiger partial charge in [0.15, 0.2) is 0 Å². The summed E-state index contributed by atoms with van der Waals surface area (Å²) in [5.74, 6) is -1.04. The van der Waals surface area contributed by atoms with Crippen LogP contribution < -0.4 is 15.5 Å². The van der Waals surface area contributed by atoms with Gasteiger partial charge < -0.3 is 14.8 Å². The molecule has 8 heteroatoms. The monoisotopic (exact) mass is 395 g/mol. The molecule has 29 heavy (non-hydrogen) atoms. The number of hydrazone groups is 1. The first kappa shape index (κ1) is 20.1. The summed E-state index contributed by atoms with van der Waals surface area (Å²) in [5.41, 5.74) is 3.29. The number of benzene rings is 2. The van der Waals surface area contributed by atoms with Gasteiger partial charge in [0.2, 0.25) is 12.0 Å². The molecule has 0 radical (unpaired) electrons. The molecule has 2 aromatic carbocycles. The third kappa shape index (κ3) is 5.19. The molecule has 2 aromatic rings. The van der Waals surface area contributed by atoms with Gasteiger partial charge in [0, 0.05) is 18.4 Å². The van der Waals surface area contributed by atoms with Crippen molar-refractivity contribution in [2.24, 2.45) is 5.10 Å². The highest BCUT2D eigenvalue weighted by molar-refractivity contribution is 6.37. The zero-order chi connectivity index (χ0) is 20.6. The van der Waals surface area contributed by atoms with Gasteiger partial charge in [0.05, 0.1) is 12.3 Å². The zero-order valence-electron chi connectivity index (χ0n) is 15.9. The maximum absolute atomic E-state index is 13.0. The number of amides is 2. The van der Waals surface area contributed by atoms with Crippen molar-refractivity contribution < 1.29 is 23.9 Å². The van der Waals surface area contributed by atoms with Gasteiger partial charge in [-0.05, 0) is 19.1 Å². The van der Waals surface area contributed by atoms with Gasteiger partial charge >= 0.3 is 5.97 Å². The Balaban J connectivity index is 1.82. The van der Waals surface area contributed by atoms with Crippen LogP contribution >= 0.6 is 0 Å². The van der Waals surface area contributed by atoms with E-state index in [2.05, 4.69) is 15.8 Å². The molecule has 0 saturated heterocycles. The van der Waals surface area contributed by atoms with E-state index in [0.717, 1.165) is 0 Å². The first-order chi connectivity index (χ1) is 14.1. The number of para-hydroxylation sites is 2. The third-order valence-corrected chi connectivity index (χ3v) is 4.15. The Morgan fingerprint density at radius 3 is 2.52 bits per heavy atom.